The molecule has 2 aromatic rings. The van der Waals surface area contributed by atoms with E-state index >= 15 is 0 Å². The van der Waals surface area contributed by atoms with Crippen LogP contribution in [0.3, 0.4) is 0 Å². The number of piperidine rings is 1. The number of amides is 1. The van der Waals surface area contributed by atoms with Crippen molar-refractivity contribution in [3.63, 3.8) is 0 Å². The lowest BCUT2D eigenvalue weighted by atomic mass is 10.1. The van der Waals surface area contributed by atoms with Crippen LogP contribution >= 0.6 is 11.8 Å². The largest absolute Gasteiger partial charge is 0.480 e. The third-order valence-corrected chi connectivity index (χ3v) is 4.99. The van der Waals surface area contributed by atoms with Crippen LogP contribution in [-0.2, 0) is 4.79 Å². The van der Waals surface area contributed by atoms with Gasteiger partial charge in [-0.15, -0.1) is 11.8 Å². The molecule has 138 valence electrons. The summed E-state index contributed by atoms with van der Waals surface area (Å²) < 4.78 is 23.8. The van der Waals surface area contributed by atoms with Gasteiger partial charge in [-0.25, -0.2) is 4.39 Å². The minimum Gasteiger partial charge on any atom is -0.480 e. The standard InChI is InChI=1S/C18H20FN3O3S/c1-24-16-9-20-10-17(21-16)25-14-3-2-8-22(11-14)18(23)12-26-15-6-4-13(19)5-7-15/h4-7,9-10,14H,2-3,8,11-12H2,1H3. The molecule has 1 amide bonds. The number of nitrogens with zero attached hydrogens (tertiary/aromatic N) is 3. The first-order valence-corrected chi connectivity index (χ1v) is 9.31. The minimum atomic E-state index is -0.280. The normalized spacial score (nSPS) is 17.0. The second-order valence-electron chi connectivity index (χ2n) is 5.86. The number of ether oxygens (including phenoxy) is 2. The van der Waals surface area contributed by atoms with Gasteiger partial charge in [-0.2, -0.15) is 4.98 Å². The fraction of sp³-hybridized carbons (Fsp3) is 0.389. The van der Waals surface area contributed by atoms with E-state index in [1.165, 1.54) is 43.4 Å². The van der Waals surface area contributed by atoms with Crippen molar-refractivity contribution in [3.8, 4) is 11.8 Å². The molecule has 1 fully saturated rings. The zero-order valence-corrected chi connectivity index (χ0v) is 15.2. The van der Waals surface area contributed by atoms with E-state index < -0.39 is 0 Å². The zero-order valence-electron chi connectivity index (χ0n) is 14.4. The monoisotopic (exact) mass is 377 g/mol. The lowest BCUT2D eigenvalue weighted by molar-refractivity contribution is -0.130. The molecule has 0 aliphatic carbocycles. The number of aromatic nitrogens is 2. The molecule has 1 atom stereocenters. The number of likely N-dealkylation sites (tertiary alicyclic amines) is 1. The Bertz CT molecular complexity index is 745. The van der Waals surface area contributed by atoms with Crippen LogP contribution in [0.15, 0.2) is 41.6 Å². The number of halogens is 1. The quantitative estimate of drug-likeness (QED) is 0.722. The molecule has 0 saturated carbocycles. The highest BCUT2D eigenvalue weighted by molar-refractivity contribution is 8.00. The number of hydrogen-bond acceptors (Lipinski definition) is 6. The number of rotatable bonds is 6. The van der Waals surface area contributed by atoms with Gasteiger partial charge in [0.1, 0.15) is 11.9 Å². The molecule has 3 rings (SSSR count). The lowest BCUT2D eigenvalue weighted by Crippen LogP contribution is -2.45. The predicted octanol–water partition coefficient (Wildman–Crippen LogP) is 2.79. The van der Waals surface area contributed by atoms with E-state index in [1.807, 2.05) is 0 Å². The smallest absolute Gasteiger partial charge is 0.235 e. The second kappa shape index (κ2) is 8.84. The maximum Gasteiger partial charge on any atom is 0.235 e. The van der Waals surface area contributed by atoms with Crippen molar-refractivity contribution in [1.29, 1.82) is 0 Å². The maximum absolute atomic E-state index is 12.9. The molecule has 1 unspecified atom stereocenters. The van der Waals surface area contributed by atoms with Gasteiger partial charge in [-0.3, -0.25) is 9.78 Å². The van der Waals surface area contributed by atoms with Crippen molar-refractivity contribution < 1.29 is 18.7 Å². The van der Waals surface area contributed by atoms with Gasteiger partial charge >= 0.3 is 0 Å². The summed E-state index contributed by atoms with van der Waals surface area (Å²) in [6.07, 6.45) is 4.65. The highest BCUT2D eigenvalue weighted by Crippen LogP contribution is 2.21. The van der Waals surface area contributed by atoms with Gasteiger partial charge in [0.05, 0.1) is 31.8 Å². The molecule has 2 heterocycles. The van der Waals surface area contributed by atoms with Crippen LogP contribution in [0.4, 0.5) is 4.39 Å². The van der Waals surface area contributed by atoms with Gasteiger partial charge < -0.3 is 14.4 Å². The van der Waals surface area contributed by atoms with E-state index in [9.17, 15) is 9.18 Å². The van der Waals surface area contributed by atoms with Crippen LogP contribution in [-0.4, -0.2) is 52.8 Å². The summed E-state index contributed by atoms with van der Waals surface area (Å²) in [6.45, 7) is 1.23. The molecule has 1 aliphatic rings. The first-order valence-electron chi connectivity index (χ1n) is 8.33. The highest BCUT2D eigenvalue weighted by Gasteiger charge is 2.25. The van der Waals surface area contributed by atoms with Crippen molar-refractivity contribution in [2.45, 2.75) is 23.8 Å². The molecular weight excluding hydrogens is 357 g/mol. The molecule has 26 heavy (non-hydrogen) atoms. The molecule has 1 aromatic heterocycles. The zero-order chi connectivity index (χ0) is 18.4. The van der Waals surface area contributed by atoms with Crippen LogP contribution < -0.4 is 9.47 Å². The summed E-state index contributed by atoms with van der Waals surface area (Å²) in [7, 11) is 1.52. The summed E-state index contributed by atoms with van der Waals surface area (Å²) in [5.41, 5.74) is 0. The van der Waals surface area contributed by atoms with E-state index in [1.54, 1.807) is 17.0 Å². The van der Waals surface area contributed by atoms with Gasteiger partial charge in [0.15, 0.2) is 0 Å². The fourth-order valence-electron chi connectivity index (χ4n) is 2.69. The maximum atomic E-state index is 12.9. The Morgan fingerprint density at radius 2 is 2.08 bits per heavy atom. The summed E-state index contributed by atoms with van der Waals surface area (Å²) >= 11 is 1.40. The summed E-state index contributed by atoms with van der Waals surface area (Å²) in [5.74, 6) is 0.866. The molecule has 8 heteroatoms. The lowest BCUT2D eigenvalue weighted by Gasteiger charge is -2.32. The van der Waals surface area contributed by atoms with Gasteiger partial charge in [0.2, 0.25) is 17.7 Å². The highest BCUT2D eigenvalue weighted by atomic mass is 32.2. The molecule has 1 saturated heterocycles. The average Bonchev–Trinajstić information content (AvgIpc) is 2.67. The first-order chi connectivity index (χ1) is 12.6. The summed E-state index contributed by atoms with van der Waals surface area (Å²) in [4.78, 5) is 23.4. The predicted molar refractivity (Wildman–Crippen MR) is 95.9 cm³/mol. The Kier molecular flexibility index (Phi) is 6.27. The molecule has 0 N–H and O–H groups in total. The first kappa shape index (κ1) is 18.4. The Morgan fingerprint density at radius 1 is 1.31 bits per heavy atom. The van der Waals surface area contributed by atoms with Crippen LogP contribution in [0.2, 0.25) is 0 Å². The van der Waals surface area contributed by atoms with Crippen molar-refractivity contribution in [2.75, 3.05) is 26.0 Å². The number of carbonyl (C=O) groups is 1. The second-order valence-corrected chi connectivity index (χ2v) is 6.91. The van der Waals surface area contributed by atoms with Gasteiger partial charge in [0.25, 0.3) is 0 Å². The Morgan fingerprint density at radius 3 is 2.85 bits per heavy atom. The van der Waals surface area contributed by atoms with Crippen LogP contribution in [0.5, 0.6) is 11.8 Å². The van der Waals surface area contributed by atoms with E-state index in [0.717, 1.165) is 17.7 Å². The van der Waals surface area contributed by atoms with E-state index in [2.05, 4.69) is 9.97 Å². The molecule has 0 radical (unpaired) electrons. The van der Waals surface area contributed by atoms with Crippen molar-refractivity contribution in [2.24, 2.45) is 0 Å². The van der Waals surface area contributed by atoms with Crippen LogP contribution in [0.25, 0.3) is 0 Å². The number of methoxy groups -OCH3 is 1. The number of thioether (sulfide) groups is 1. The van der Waals surface area contributed by atoms with Crippen LogP contribution in [0, 0.1) is 5.82 Å². The topological polar surface area (TPSA) is 64.6 Å². The van der Waals surface area contributed by atoms with Gasteiger partial charge in [0, 0.05) is 11.4 Å². The third-order valence-electron chi connectivity index (χ3n) is 3.99. The molecular formula is C18H20FN3O3S. The van der Waals surface area contributed by atoms with Crippen molar-refractivity contribution in [1.82, 2.24) is 14.9 Å². The molecule has 6 nitrogen and oxygen atoms in total. The van der Waals surface area contributed by atoms with Crippen molar-refractivity contribution in [3.05, 3.63) is 42.5 Å². The number of hydrogen-bond donors (Lipinski definition) is 0. The van der Waals surface area contributed by atoms with E-state index in [4.69, 9.17) is 9.47 Å². The molecule has 1 aromatic carbocycles. The average molecular weight is 377 g/mol. The van der Waals surface area contributed by atoms with Crippen molar-refractivity contribution >= 4 is 17.7 Å². The summed E-state index contributed by atoms with van der Waals surface area (Å²) in [5, 5.41) is 0. The number of carbonyl (C=O) groups excluding carboxylic acids is 1. The number of benzene rings is 1. The fourth-order valence-corrected chi connectivity index (χ4v) is 3.49. The van der Waals surface area contributed by atoms with Crippen LogP contribution in [0.1, 0.15) is 12.8 Å². The Balaban J connectivity index is 1.52. The minimum absolute atomic E-state index is 0.0457. The van der Waals surface area contributed by atoms with Gasteiger partial charge in [-0.05, 0) is 37.1 Å². The Hall–Kier alpha value is -2.35. The van der Waals surface area contributed by atoms with Gasteiger partial charge in [-0.1, -0.05) is 0 Å². The molecule has 0 spiro atoms. The summed E-state index contributed by atoms with van der Waals surface area (Å²) in [6, 6.07) is 6.15. The van der Waals surface area contributed by atoms with E-state index in [-0.39, 0.29) is 17.8 Å². The van der Waals surface area contributed by atoms with E-state index in [0.29, 0.717) is 30.6 Å². The Labute approximate surface area is 155 Å². The SMILES string of the molecule is COc1cncc(OC2CCCN(C(=O)CSc3ccc(F)cc3)C2)n1. The molecule has 1 aliphatic heterocycles. The molecule has 0 bridgehead atoms. The third kappa shape index (κ3) is 5.08.